The SMILES string of the molecule is COc1cc2ncc(C#N)c(Nc3ccc(OCc4ccccn4)c(Cl)c3)c2cc1N. The molecule has 0 aliphatic carbocycles. The molecule has 0 fully saturated rings. The number of anilines is 3. The highest BCUT2D eigenvalue weighted by atomic mass is 35.5. The Balaban J connectivity index is 1.63. The van der Waals surface area contributed by atoms with Crippen LogP contribution in [0.1, 0.15) is 11.3 Å². The number of nitrogens with zero attached hydrogens (tertiary/aromatic N) is 3. The van der Waals surface area contributed by atoms with Gasteiger partial charge >= 0.3 is 0 Å². The Morgan fingerprint density at radius 3 is 2.71 bits per heavy atom. The van der Waals surface area contributed by atoms with Gasteiger partial charge < -0.3 is 20.5 Å². The first-order valence-electron chi connectivity index (χ1n) is 9.34. The van der Waals surface area contributed by atoms with Gasteiger partial charge in [-0.25, -0.2) is 0 Å². The molecule has 0 spiro atoms. The van der Waals surface area contributed by atoms with E-state index in [0.29, 0.717) is 56.7 Å². The number of fused-ring (bicyclic) bond motifs is 1. The van der Waals surface area contributed by atoms with E-state index in [4.69, 9.17) is 26.8 Å². The summed E-state index contributed by atoms with van der Waals surface area (Å²) in [4.78, 5) is 8.57. The molecule has 8 heteroatoms. The van der Waals surface area contributed by atoms with E-state index < -0.39 is 0 Å². The number of hydrogen-bond acceptors (Lipinski definition) is 7. The zero-order chi connectivity index (χ0) is 21.8. The molecular formula is C23H18ClN5O2. The van der Waals surface area contributed by atoms with Crippen molar-refractivity contribution in [2.24, 2.45) is 0 Å². The Labute approximate surface area is 184 Å². The number of halogens is 1. The van der Waals surface area contributed by atoms with Crippen LogP contribution in [0.15, 0.2) is 60.9 Å². The fourth-order valence-corrected chi connectivity index (χ4v) is 3.34. The van der Waals surface area contributed by atoms with Crippen molar-refractivity contribution in [2.75, 3.05) is 18.2 Å². The molecule has 2 aromatic carbocycles. The second kappa shape index (κ2) is 8.78. The van der Waals surface area contributed by atoms with E-state index >= 15 is 0 Å². The molecule has 31 heavy (non-hydrogen) atoms. The molecule has 4 aromatic rings. The second-order valence-electron chi connectivity index (χ2n) is 6.65. The molecule has 0 unspecified atom stereocenters. The van der Waals surface area contributed by atoms with Crippen molar-refractivity contribution < 1.29 is 9.47 Å². The maximum atomic E-state index is 9.56. The van der Waals surface area contributed by atoms with Gasteiger partial charge in [-0.05, 0) is 36.4 Å². The number of benzene rings is 2. The topological polar surface area (TPSA) is 106 Å². The lowest BCUT2D eigenvalue weighted by atomic mass is 10.1. The fourth-order valence-electron chi connectivity index (χ4n) is 3.11. The third kappa shape index (κ3) is 4.29. The molecule has 3 N–H and O–H groups in total. The van der Waals surface area contributed by atoms with E-state index in [0.717, 1.165) is 5.69 Å². The molecular weight excluding hydrogens is 414 g/mol. The van der Waals surface area contributed by atoms with Gasteiger partial charge in [0.25, 0.3) is 0 Å². The maximum absolute atomic E-state index is 9.56. The van der Waals surface area contributed by atoms with Crippen molar-refractivity contribution in [3.8, 4) is 17.6 Å². The normalized spacial score (nSPS) is 10.5. The summed E-state index contributed by atoms with van der Waals surface area (Å²) in [5, 5.41) is 14.0. The van der Waals surface area contributed by atoms with E-state index in [9.17, 15) is 5.26 Å². The van der Waals surface area contributed by atoms with E-state index in [1.807, 2.05) is 24.3 Å². The van der Waals surface area contributed by atoms with Gasteiger partial charge in [-0.2, -0.15) is 5.26 Å². The highest BCUT2D eigenvalue weighted by Gasteiger charge is 2.13. The first kappa shape index (κ1) is 20.3. The number of pyridine rings is 2. The zero-order valence-corrected chi connectivity index (χ0v) is 17.3. The molecule has 7 nitrogen and oxygen atoms in total. The monoisotopic (exact) mass is 431 g/mol. The minimum Gasteiger partial charge on any atom is -0.495 e. The van der Waals surface area contributed by atoms with E-state index in [1.165, 1.54) is 6.20 Å². The first-order valence-corrected chi connectivity index (χ1v) is 9.72. The van der Waals surface area contributed by atoms with Crippen molar-refractivity contribution in [2.45, 2.75) is 6.61 Å². The lowest BCUT2D eigenvalue weighted by molar-refractivity contribution is 0.301. The summed E-state index contributed by atoms with van der Waals surface area (Å²) >= 11 is 6.42. The standard InChI is InChI=1S/C23H18ClN5O2/c1-30-22-10-20-17(9-19(22)26)23(14(11-25)12-28-20)29-15-5-6-21(18(24)8-15)31-13-16-4-2-3-7-27-16/h2-10,12H,13,26H2,1H3,(H,28,29). The van der Waals surface area contributed by atoms with Gasteiger partial charge in [-0.15, -0.1) is 0 Å². The predicted molar refractivity (Wildman–Crippen MR) is 121 cm³/mol. The van der Waals surface area contributed by atoms with Crippen LogP contribution in [0, 0.1) is 11.3 Å². The number of nitrogens with two attached hydrogens (primary N) is 1. The summed E-state index contributed by atoms with van der Waals surface area (Å²) in [5.74, 6) is 1.06. The number of nitrogens with one attached hydrogen (secondary N) is 1. The summed E-state index contributed by atoms with van der Waals surface area (Å²) in [6.45, 7) is 0.308. The average Bonchev–Trinajstić information content (AvgIpc) is 2.79. The number of rotatable bonds is 6. The zero-order valence-electron chi connectivity index (χ0n) is 16.6. The van der Waals surface area contributed by atoms with Gasteiger partial charge in [0.1, 0.15) is 24.2 Å². The van der Waals surface area contributed by atoms with Gasteiger partial charge in [-0.1, -0.05) is 17.7 Å². The average molecular weight is 432 g/mol. The van der Waals surface area contributed by atoms with Crippen LogP contribution in [0.3, 0.4) is 0 Å². The number of ether oxygens (including phenoxy) is 2. The highest BCUT2D eigenvalue weighted by Crippen LogP contribution is 2.36. The number of methoxy groups -OCH3 is 1. The molecule has 0 saturated heterocycles. The number of nitrogen functional groups attached to an aromatic ring is 1. The summed E-state index contributed by atoms with van der Waals surface area (Å²) in [6, 6.07) is 16.6. The van der Waals surface area contributed by atoms with Gasteiger partial charge in [0, 0.05) is 29.5 Å². The Kier molecular flexibility index (Phi) is 5.74. The minimum atomic E-state index is 0.308. The van der Waals surface area contributed by atoms with Crippen molar-refractivity contribution in [1.29, 1.82) is 5.26 Å². The lowest BCUT2D eigenvalue weighted by Gasteiger charge is -2.14. The highest BCUT2D eigenvalue weighted by molar-refractivity contribution is 6.32. The summed E-state index contributed by atoms with van der Waals surface area (Å²) in [5.41, 5.74) is 9.62. The Bertz CT molecular complexity index is 1290. The van der Waals surface area contributed by atoms with E-state index in [-0.39, 0.29) is 0 Å². The van der Waals surface area contributed by atoms with Crippen LogP contribution in [0.4, 0.5) is 17.1 Å². The third-order valence-electron chi connectivity index (χ3n) is 4.64. The minimum absolute atomic E-state index is 0.308. The van der Waals surface area contributed by atoms with E-state index in [1.54, 1.807) is 37.6 Å². The largest absolute Gasteiger partial charge is 0.495 e. The molecule has 0 amide bonds. The fraction of sp³-hybridized carbons (Fsp3) is 0.0870. The van der Waals surface area contributed by atoms with Gasteiger partial charge in [0.2, 0.25) is 0 Å². The van der Waals surface area contributed by atoms with Crippen LogP contribution < -0.4 is 20.5 Å². The van der Waals surface area contributed by atoms with E-state index in [2.05, 4.69) is 21.4 Å². The van der Waals surface area contributed by atoms with Gasteiger partial charge in [0.15, 0.2) is 0 Å². The maximum Gasteiger partial charge on any atom is 0.143 e. The molecule has 0 saturated carbocycles. The molecule has 2 aromatic heterocycles. The van der Waals surface area contributed by atoms with Crippen LogP contribution >= 0.6 is 11.6 Å². The molecule has 0 radical (unpaired) electrons. The summed E-state index contributed by atoms with van der Waals surface area (Å²) in [7, 11) is 1.54. The van der Waals surface area contributed by atoms with Crippen LogP contribution in [0.2, 0.25) is 5.02 Å². The molecule has 2 heterocycles. The van der Waals surface area contributed by atoms with Crippen molar-refractivity contribution in [1.82, 2.24) is 9.97 Å². The van der Waals surface area contributed by atoms with Crippen LogP contribution in [-0.4, -0.2) is 17.1 Å². The predicted octanol–water partition coefficient (Wildman–Crippen LogP) is 5.07. The number of nitriles is 1. The van der Waals surface area contributed by atoms with Gasteiger partial charge in [0.05, 0.1) is 40.3 Å². The Hall–Kier alpha value is -4.02. The molecule has 0 aliphatic heterocycles. The van der Waals surface area contributed by atoms with Crippen molar-refractivity contribution in [3.63, 3.8) is 0 Å². The Morgan fingerprint density at radius 2 is 2.00 bits per heavy atom. The molecule has 0 aliphatic rings. The Morgan fingerprint density at radius 1 is 1.13 bits per heavy atom. The second-order valence-corrected chi connectivity index (χ2v) is 7.06. The first-order chi connectivity index (χ1) is 15.1. The number of aromatic nitrogens is 2. The van der Waals surface area contributed by atoms with Crippen molar-refractivity contribution in [3.05, 3.63) is 77.2 Å². The quantitative estimate of drug-likeness (QED) is 0.410. The number of hydrogen-bond donors (Lipinski definition) is 2. The van der Waals surface area contributed by atoms with Gasteiger partial charge in [-0.3, -0.25) is 9.97 Å². The molecule has 0 bridgehead atoms. The molecule has 0 atom stereocenters. The third-order valence-corrected chi connectivity index (χ3v) is 4.94. The van der Waals surface area contributed by atoms with Crippen LogP contribution in [-0.2, 0) is 6.61 Å². The molecule has 4 rings (SSSR count). The molecule has 154 valence electrons. The summed E-state index contributed by atoms with van der Waals surface area (Å²) in [6.07, 6.45) is 3.22. The smallest absolute Gasteiger partial charge is 0.143 e. The lowest BCUT2D eigenvalue weighted by Crippen LogP contribution is -2.00. The van der Waals surface area contributed by atoms with Crippen LogP contribution in [0.5, 0.6) is 11.5 Å². The van der Waals surface area contributed by atoms with Crippen molar-refractivity contribution >= 4 is 39.6 Å². The van der Waals surface area contributed by atoms with Crippen LogP contribution in [0.25, 0.3) is 10.9 Å². The summed E-state index contributed by atoms with van der Waals surface area (Å²) < 4.78 is 11.0.